The van der Waals surface area contributed by atoms with Crippen molar-refractivity contribution in [1.82, 2.24) is 0 Å². The average molecular weight is 1280 g/mol. The molecule has 4 fully saturated rings. The highest BCUT2D eigenvalue weighted by molar-refractivity contribution is 8.00. The van der Waals surface area contributed by atoms with Gasteiger partial charge in [0.2, 0.25) is 0 Å². The molecule has 7 aliphatic rings. The molecule has 6 aliphatic carbocycles. The first-order valence-corrected chi connectivity index (χ1v) is 36.4. The second kappa shape index (κ2) is 19.9. The summed E-state index contributed by atoms with van der Waals surface area (Å²) in [4.78, 5) is 8.10. The van der Waals surface area contributed by atoms with Gasteiger partial charge in [-0.25, -0.2) is 0 Å². The van der Waals surface area contributed by atoms with Crippen molar-refractivity contribution >= 4 is 111 Å². The van der Waals surface area contributed by atoms with Crippen LogP contribution in [0, 0.1) is 23.7 Å². The SMILES string of the molecule is CC(C)(C)c1cccc2c1oc1cc(N(c3ccc4c(c3)C(C)(C)c3ccccc3-4)c3cc4c(c5ccccc35)Sc3c(cc(N(c5ccc6c(c5)C(C)(C)c5ccccc5-6)c5ccc6c(c5)oc5c(C(C)(C)C)cccc56)c5ccccc35)C43C4CC5CC(C4)CC3C5)ccc12. The number of furan rings is 2. The minimum absolute atomic E-state index is 0.0958. The summed E-state index contributed by atoms with van der Waals surface area (Å²) in [5.74, 6) is 2.39. The van der Waals surface area contributed by atoms with Gasteiger partial charge in [0.15, 0.2) is 0 Å². The lowest BCUT2D eigenvalue weighted by Crippen LogP contribution is -2.57. The number of para-hydroxylation sites is 2. The van der Waals surface area contributed by atoms with Crippen LogP contribution in [0.5, 0.6) is 0 Å². The predicted octanol–water partition coefficient (Wildman–Crippen LogP) is 26.1. The first kappa shape index (κ1) is 57.9. The highest BCUT2D eigenvalue weighted by atomic mass is 32.2. The predicted molar refractivity (Wildman–Crippen MR) is 406 cm³/mol. The Morgan fingerprint density at radius 2 is 0.711 bits per heavy atom. The number of hydrogen-bond donors (Lipinski definition) is 0. The summed E-state index contributed by atoms with van der Waals surface area (Å²) in [6, 6.07) is 84.8. The zero-order valence-electron chi connectivity index (χ0n) is 57.2. The summed E-state index contributed by atoms with van der Waals surface area (Å²) in [5, 5.41) is 9.76. The van der Waals surface area contributed by atoms with Crippen LogP contribution in [0.2, 0.25) is 0 Å². The van der Waals surface area contributed by atoms with E-state index in [0.717, 1.165) is 78.5 Å². The molecule has 12 aromatic carbocycles. The van der Waals surface area contributed by atoms with Crippen LogP contribution >= 0.6 is 11.8 Å². The van der Waals surface area contributed by atoms with Crippen molar-refractivity contribution < 1.29 is 8.83 Å². The van der Waals surface area contributed by atoms with E-state index in [9.17, 15) is 0 Å². The molecule has 3 heterocycles. The van der Waals surface area contributed by atoms with E-state index in [1.54, 1.807) is 0 Å². The van der Waals surface area contributed by atoms with E-state index in [4.69, 9.17) is 8.83 Å². The van der Waals surface area contributed by atoms with E-state index in [-0.39, 0.29) is 27.1 Å². The molecule has 4 saturated carbocycles. The third-order valence-corrected chi connectivity index (χ3v) is 26.0. The number of hydrogen-bond acceptors (Lipinski definition) is 5. The van der Waals surface area contributed by atoms with Crippen molar-refractivity contribution in [2.24, 2.45) is 23.7 Å². The van der Waals surface area contributed by atoms with E-state index in [1.807, 2.05) is 11.8 Å². The van der Waals surface area contributed by atoms with Crippen molar-refractivity contribution in [2.45, 2.75) is 138 Å². The van der Waals surface area contributed by atoms with Crippen LogP contribution < -0.4 is 9.80 Å². The zero-order valence-corrected chi connectivity index (χ0v) is 58.1. The quantitative estimate of drug-likeness (QED) is 0.166. The Morgan fingerprint density at radius 3 is 1.14 bits per heavy atom. The van der Waals surface area contributed by atoms with Gasteiger partial charge in [0.05, 0.1) is 11.4 Å². The molecule has 14 aromatic rings. The molecule has 5 heteroatoms. The summed E-state index contributed by atoms with van der Waals surface area (Å²) < 4.78 is 14.4. The number of nitrogens with zero attached hydrogens (tertiary/aromatic N) is 2. The zero-order chi connectivity index (χ0) is 65.6. The number of anilines is 6. The van der Waals surface area contributed by atoms with Crippen LogP contribution in [0.1, 0.15) is 146 Å². The maximum absolute atomic E-state index is 7.18. The molecule has 0 saturated heterocycles. The van der Waals surface area contributed by atoms with Crippen LogP contribution in [-0.4, -0.2) is 0 Å². The van der Waals surface area contributed by atoms with Crippen molar-refractivity contribution in [1.29, 1.82) is 0 Å². The third-order valence-electron chi connectivity index (χ3n) is 24.7. The van der Waals surface area contributed by atoms with E-state index >= 15 is 0 Å². The fourth-order valence-electron chi connectivity index (χ4n) is 20.5. The van der Waals surface area contributed by atoms with Crippen molar-refractivity contribution in [2.75, 3.05) is 9.80 Å². The monoisotopic (exact) mass is 1280 g/mol. The molecule has 476 valence electrons. The van der Waals surface area contributed by atoms with Gasteiger partial charge in [-0.3, -0.25) is 0 Å². The van der Waals surface area contributed by atoms with Crippen LogP contribution in [0.4, 0.5) is 34.1 Å². The van der Waals surface area contributed by atoms with Gasteiger partial charge < -0.3 is 18.6 Å². The fourth-order valence-corrected chi connectivity index (χ4v) is 21.9. The summed E-state index contributed by atoms with van der Waals surface area (Å²) in [6.45, 7) is 23.4. The minimum atomic E-state index is -0.292. The Hall–Kier alpha value is -9.29. The van der Waals surface area contributed by atoms with Crippen LogP contribution in [0.15, 0.2) is 237 Å². The maximum atomic E-state index is 7.18. The molecule has 0 amide bonds. The molecule has 0 atom stereocenters. The summed E-state index contributed by atoms with van der Waals surface area (Å²) in [5.41, 5.74) is 26.0. The molecule has 0 N–H and O–H groups in total. The van der Waals surface area contributed by atoms with Crippen molar-refractivity contribution in [3.63, 3.8) is 0 Å². The first-order chi connectivity index (χ1) is 46.8. The Kier molecular flexibility index (Phi) is 11.9. The summed E-state index contributed by atoms with van der Waals surface area (Å²) in [6.07, 6.45) is 6.34. The van der Waals surface area contributed by atoms with Crippen LogP contribution in [-0.2, 0) is 27.1 Å². The summed E-state index contributed by atoms with van der Waals surface area (Å²) in [7, 11) is 0. The molecule has 0 radical (unpaired) electrons. The average Bonchev–Trinajstić information content (AvgIpc) is 1.55. The normalized spacial score (nSPS) is 19.6. The topological polar surface area (TPSA) is 32.8 Å². The van der Waals surface area contributed by atoms with Gasteiger partial charge in [-0.2, -0.15) is 0 Å². The molecular formula is C92H80N2O2S. The van der Waals surface area contributed by atoms with Gasteiger partial charge in [0.1, 0.15) is 22.3 Å². The Balaban J connectivity index is 0.856. The standard InChI is InChI=1S/C92H80N2O2S/c1-88(2,3)74-31-19-27-68-66-39-35-58(48-82(66)95-84(68)74)93(56-33-37-62-60-21-15-17-29-72(60)90(7,8)76(62)46-56)80-50-78-86(70-25-13-11-23-64(70)80)97-87-71-26-14-12-24-65(71)81(51-79(87)92(78)54-42-52-41-53(44-54)45-55(92)43-52)94(57-34-38-63-61-22-16-18-30-73(61)91(9,10)77(63)47-57)59-36-40-67-69-28-20-32-75(89(4,5)6)85(69)96-83(67)49-59/h11-40,46-55H,41-45H2,1-10H3. The maximum Gasteiger partial charge on any atom is 0.139 e. The first-order valence-electron chi connectivity index (χ1n) is 35.6. The Labute approximate surface area is 573 Å². The highest BCUT2D eigenvalue weighted by Gasteiger charge is 2.61. The Bertz CT molecular complexity index is 5400. The molecule has 0 unspecified atom stereocenters. The van der Waals surface area contributed by atoms with Crippen molar-refractivity contribution in [3.05, 3.63) is 263 Å². The Morgan fingerprint density at radius 1 is 0.340 bits per heavy atom. The van der Waals surface area contributed by atoms with Crippen LogP contribution in [0.3, 0.4) is 0 Å². The number of rotatable bonds is 6. The van der Waals surface area contributed by atoms with E-state index in [2.05, 4.69) is 297 Å². The number of fused-ring (bicyclic) bond motifs is 18. The van der Waals surface area contributed by atoms with E-state index in [0.29, 0.717) is 11.8 Å². The molecule has 21 rings (SSSR count). The largest absolute Gasteiger partial charge is 0.456 e. The third kappa shape index (κ3) is 8.01. The van der Waals surface area contributed by atoms with Gasteiger partial charge in [0, 0.05) is 104 Å². The smallest absolute Gasteiger partial charge is 0.139 e. The van der Waals surface area contributed by atoms with Gasteiger partial charge in [-0.1, -0.05) is 227 Å². The molecule has 4 bridgehead atoms. The molecule has 1 aliphatic heterocycles. The summed E-state index contributed by atoms with van der Waals surface area (Å²) >= 11 is 2.05. The molecule has 4 nitrogen and oxygen atoms in total. The van der Waals surface area contributed by atoms with Crippen LogP contribution in [0.25, 0.3) is 87.7 Å². The lowest BCUT2D eigenvalue weighted by Gasteiger charge is -2.63. The molecule has 97 heavy (non-hydrogen) atoms. The lowest BCUT2D eigenvalue weighted by atomic mass is 9.42. The van der Waals surface area contributed by atoms with Gasteiger partial charge in [-0.05, 0) is 194 Å². The van der Waals surface area contributed by atoms with Gasteiger partial charge >= 0.3 is 0 Å². The highest BCUT2D eigenvalue weighted by Crippen LogP contribution is 2.71. The van der Waals surface area contributed by atoms with Gasteiger partial charge in [0.25, 0.3) is 0 Å². The lowest BCUT2D eigenvalue weighted by molar-refractivity contribution is -0.0441. The molecule has 1 spiro atoms. The van der Waals surface area contributed by atoms with Gasteiger partial charge in [-0.15, -0.1) is 0 Å². The fraction of sp³-hybridized carbons (Fsp3) is 0.261. The van der Waals surface area contributed by atoms with E-state index < -0.39 is 0 Å². The minimum Gasteiger partial charge on any atom is -0.456 e. The second-order valence-electron chi connectivity index (χ2n) is 32.8. The second-order valence-corrected chi connectivity index (χ2v) is 33.8. The van der Waals surface area contributed by atoms with E-state index in [1.165, 1.54) is 142 Å². The number of benzene rings is 12. The molecule has 2 aromatic heterocycles. The molecular weight excluding hydrogens is 1200 g/mol. The van der Waals surface area contributed by atoms with Crippen molar-refractivity contribution in [3.8, 4) is 22.3 Å².